The van der Waals surface area contributed by atoms with Crippen LogP contribution in [-0.2, 0) is 0 Å². The standard InChI is InChI=1S/C3H8IN.C3H8O2/c1-5(2)3-4;1-3(5)2-4/h3H2,1-2H3;3-5H,2H2,1H3. The van der Waals surface area contributed by atoms with Crippen LogP contribution in [0.2, 0.25) is 0 Å². The Morgan fingerprint density at radius 2 is 1.70 bits per heavy atom. The van der Waals surface area contributed by atoms with Crippen molar-refractivity contribution in [1.82, 2.24) is 4.90 Å². The average Bonchev–Trinajstić information content (AvgIpc) is 1.89. The summed E-state index contributed by atoms with van der Waals surface area (Å²) in [6.45, 7) is 1.39. The second-order valence-electron chi connectivity index (χ2n) is 2.23. The summed E-state index contributed by atoms with van der Waals surface area (Å²) in [6, 6.07) is 0. The maximum absolute atomic E-state index is 8.11. The van der Waals surface area contributed by atoms with Crippen LogP contribution in [0.3, 0.4) is 0 Å². The van der Waals surface area contributed by atoms with E-state index in [1.165, 1.54) is 6.92 Å². The molecule has 0 aliphatic heterocycles. The largest absolute Gasteiger partial charge is 0.394 e. The van der Waals surface area contributed by atoms with E-state index in [1.54, 1.807) is 0 Å². The maximum atomic E-state index is 8.11. The number of nitrogens with zero attached hydrogens (tertiary/aromatic N) is 1. The van der Waals surface area contributed by atoms with Gasteiger partial charge in [0.05, 0.1) is 12.7 Å². The topological polar surface area (TPSA) is 43.7 Å². The van der Waals surface area contributed by atoms with Gasteiger partial charge in [-0.25, -0.2) is 0 Å². The molecular formula is C6H16INO2. The molecule has 0 radical (unpaired) electrons. The van der Waals surface area contributed by atoms with Gasteiger partial charge in [-0.3, -0.25) is 0 Å². The van der Waals surface area contributed by atoms with Crippen molar-refractivity contribution in [3.8, 4) is 0 Å². The second-order valence-corrected chi connectivity index (χ2v) is 2.91. The quantitative estimate of drug-likeness (QED) is 0.427. The zero-order valence-corrected chi connectivity index (χ0v) is 8.87. The molecule has 0 bridgehead atoms. The highest BCUT2D eigenvalue weighted by molar-refractivity contribution is 14.1. The lowest BCUT2D eigenvalue weighted by atomic mass is 10.5. The molecule has 4 heteroatoms. The lowest BCUT2D eigenvalue weighted by Crippen LogP contribution is -2.06. The third-order valence-electron chi connectivity index (χ3n) is 0.503. The van der Waals surface area contributed by atoms with Gasteiger partial charge in [0.15, 0.2) is 0 Å². The molecule has 0 aliphatic rings. The molecule has 0 aliphatic carbocycles. The van der Waals surface area contributed by atoms with Gasteiger partial charge in [0.1, 0.15) is 0 Å². The van der Waals surface area contributed by atoms with Crippen molar-refractivity contribution in [2.45, 2.75) is 13.0 Å². The Balaban J connectivity index is 0. The Kier molecular flexibility index (Phi) is 12.7. The summed E-state index contributed by atoms with van der Waals surface area (Å²) in [4.78, 5) is 2.11. The van der Waals surface area contributed by atoms with Crippen molar-refractivity contribution in [3.05, 3.63) is 0 Å². The Morgan fingerprint density at radius 3 is 1.70 bits per heavy atom. The molecule has 1 unspecified atom stereocenters. The summed E-state index contributed by atoms with van der Waals surface area (Å²) in [5.74, 6) is 0. The van der Waals surface area contributed by atoms with Crippen LogP contribution in [0.15, 0.2) is 0 Å². The molecular weight excluding hydrogens is 245 g/mol. The van der Waals surface area contributed by atoms with Gasteiger partial charge in [0.2, 0.25) is 0 Å². The van der Waals surface area contributed by atoms with Crippen LogP contribution in [0, 0.1) is 0 Å². The van der Waals surface area contributed by atoms with Crippen molar-refractivity contribution in [3.63, 3.8) is 0 Å². The second kappa shape index (κ2) is 9.61. The van der Waals surface area contributed by atoms with E-state index in [0.29, 0.717) is 0 Å². The number of aliphatic hydroxyl groups excluding tert-OH is 2. The summed E-state index contributed by atoms with van der Waals surface area (Å²) >= 11 is 2.30. The zero-order valence-electron chi connectivity index (χ0n) is 6.71. The van der Waals surface area contributed by atoms with E-state index >= 15 is 0 Å². The lowest BCUT2D eigenvalue weighted by molar-refractivity contribution is 0.110. The van der Waals surface area contributed by atoms with Crippen LogP contribution in [-0.4, -0.2) is 46.5 Å². The summed E-state index contributed by atoms with van der Waals surface area (Å²) in [6.07, 6.45) is -0.560. The molecule has 0 fully saturated rings. The van der Waals surface area contributed by atoms with Gasteiger partial charge in [-0.2, -0.15) is 0 Å². The molecule has 0 amide bonds. The Hall–Kier alpha value is 0.610. The van der Waals surface area contributed by atoms with Crippen LogP contribution in [0.5, 0.6) is 0 Å². The van der Waals surface area contributed by atoms with Gasteiger partial charge in [-0.1, -0.05) is 22.6 Å². The molecule has 1 atom stereocenters. The molecule has 0 saturated carbocycles. The first kappa shape index (κ1) is 13.2. The minimum Gasteiger partial charge on any atom is -0.394 e. The van der Waals surface area contributed by atoms with Crippen LogP contribution in [0.1, 0.15) is 6.92 Å². The van der Waals surface area contributed by atoms with Gasteiger partial charge >= 0.3 is 0 Å². The molecule has 64 valence electrons. The molecule has 2 N–H and O–H groups in total. The third kappa shape index (κ3) is 23.5. The predicted molar refractivity (Wildman–Crippen MR) is 51.3 cm³/mol. The monoisotopic (exact) mass is 261 g/mol. The van der Waals surface area contributed by atoms with Crippen LogP contribution in [0.25, 0.3) is 0 Å². The first-order chi connectivity index (χ1) is 4.54. The average molecular weight is 261 g/mol. The summed E-state index contributed by atoms with van der Waals surface area (Å²) in [7, 11) is 4.10. The highest BCUT2D eigenvalue weighted by Gasteiger charge is 1.83. The zero-order chi connectivity index (χ0) is 8.57. The Morgan fingerprint density at radius 1 is 1.50 bits per heavy atom. The van der Waals surface area contributed by atoms with E-state index in [4.69, 9.17) is 10.2 Å². The van der Waals surface area contributed by atoms with E-state index in [-0.39, 0.29) is 6.61 Å². The highest BCUT2D eigenvalue weighted by Crippen LogP contribution is 1.80. The smallest absolute Gasteiger partial charge is 0.0742 e. The molecule has 3 nitrogen and oxygen atoms in total. The fourth-order valence-corrected chi connectivity index (χ4v) is 0. The summed E-state index contributed by atoms with van der Waals surface area (Å²) in [5, 5.41) is 16.0. The van der Waals surface area contributed by atoms with Crippen LogP contribution in [0.4, 0.5) is 0 Å². The first-order valence-electron chi connectivity index (χ1n) is 3.04. The number of aliphatic hydroxyl groups is 2. The molecule has 0 saturated heterocycles. The van der Waals surface area contributed by atoms with E-state index in [2.05, 4.69) is 27.5 Å². The van der Waals surface area contributed by atoms with Gasteiger partial charge in [0, 0.05) is 4.55 Å². The number of alkyl halides is 1. The van der Waals surface area contributed by atoms with Crippen molar-refractivity contribution < 1.29 is 10.2 Å². The SMILES string of the molecule is CC(O)CO.CN(C)CI. The number of rotatable bonds is 2. The molecule has 0 spiro atoms. The molecule has 0 aromatic carbocycles. The van der Waals surface area contributed by atoms with Crippen LogP contribution >= 0.6 is 22.6 Å². The normalized spacial score (nSPS) is 12.3. The van der Waals surface area contributed by atoms with Crippen molar-refractivity contribution in [2.24, 2.45) is 0 Å². The van der Waals surface area contributed by atoms with Crippen molar-refractivity contribution in [2.75, 3.05) is 25.3 Å². The fraction of sp³-hybridized carbons (Fsp3) is 1.00. The molecule has 0 aromatic rings. The fourth-order valence-electron chi connectivity index (χ4n) is 0. The Bertz CT molecular complexity index is 51.7. The predicted octanol–water partition coefficient (Wildman–Crippen LogP) is 0.300. The van der Waals surface area contributed by atoms with Crippen molar-refractivity contribution >= 4 is 22.6 Å². The third-order valence-corrected chi connectivity index (χ3v) is 1.87. The van der Waals surface area contributed by atoms with Gasteiger partial charge in [-0.15, -0.1) is 0 Å². The van der Waals surface area contributed by atoms with Crippen LogP contribution < -0.4 is 0 Å². The molecule has 0 heterocycles. The molecule has 0 aromatic heterocycles. The van der Waals surface area contributed by atoms with E-state index < -0.39 is 6.10 Å². The van der Waals surface area contributed by atoms with Crippen molar-refractivity contribution in [1.29, 1.82) is 0 Å². The Labute approximate surface area is 76.2 Å². The molecule has 0 rings (SSSR count). The number of hydrogen-bond donors (Lipinski definition) is 2. The van der Waals surface area contributed by atoms with Gasteiger partial charge in [0.25, 0.3) is 0 Å². The minimum atomic E-state index is -0.560. The number of hydrogen-bond acceptors (Lipinski definition) is 3. The lowest BCUT2D eigenvalue weighted by Gasteiger charge is -1.98. The van der Waals surface area contributed by atoms with Gasteiger partial charge in [-0.05, 0) is 21.0 Å². The van der Waals surface area contributed by atoms with Gasteiger partial charge < -0.3 is 15.1 Å². The maximum Gasteiger partial charge on any atom is 0.0742 e. The summed E-state index contributed by atoms with van der Waals surface area (Å²) in [5.41, 5.74) is 0. The first-order valence-corrected chi connectivity index (χ1v) is 4.56. The molecule has 10 heavy (non-hydrogen) atoms. The summed E-state index contributed by atoms with van der Waals surface area (Å²) < 4.78 is 1.11. The number of halogens is 1. The van der Waals surface area contributed by atoms with E-state index in [1.807, 2.05) is 14.1 Å². The van der Waals surface area contributed by atoms with E-state index in [0.717, 1.165) is 4.55 Å². The minimum absolute atomic E-state index is 0.139. The van der Waals surface area contributed by atoms with E-state index in [9.17, 15) is 0 Å². The highest BCUT2D eigenvalue weighted by atomic mass is 127.